The van der Waals surface area contributed by atoms with Gasteiger partial charge in [0.05, 0.1) is 6.42 Å². The molecule has 0 spiro atoms. The Morgan fingerprint density at radius 3 is 2.48 bits per heavy atom. The summed E-state index contributed by atoms with van der Waals surface area (Å²) < 4.78 is 5.36. The van der Waals surface area contributed by atoms with Crippen molar-refractivity contribution >= 4 is 28.5 Å². The summed E-state index contributed by atoms with van der Waals surface area (Å²) in [6.07, 6.45) is 0.317. The summed E-state index contributed by atoms with van der Waals surface area (Å²) in [5.41, 5.74) is 1.02. The van der Waals surface area contributed by atoms with E-state index in [4.69, 9.17) is 4.74 Å². The maximum atomic E-state index is 12.0. The molecule has 0 aliphatic rings. The second kappa shape index (κ2) is 7.84. The van der Waals surface area contributed by atoms with Gasteiger partial charge >= 0.3 is 5.97 Å². The Balaban J connectivity index is 1.51. The Hall–Kier alpha value is -2.26. The molecule has 0 atom stereocenters. The van der Waals surface area contributed by atoms with Crippen molar-refractivity contribution in [2.75, 3.05) is 12.4 Å². The second-order valence-electron chi connectivity index (χ2n) is 5.20. The number of esters is 1. The second-order valence-corrected chi connectivity index (χ2v) is 6.37. The Morgan fingerprint density at radius 2 is 1.61 bits per heavy atom. The minimum Gasteiger partial charge on any atom is -0.465 e. The molecule has 0 amide bonds. The van der Waals surface area contributed by atoms with Crippen LogP contribution in [0.5, 0.6) is 0 Å². The Labute approximate surface area is 140 Å². The Kier molecular flexibility index (Phi) is 5.33. The molecule has 0 aromatic heterocycles. The van der Waals surface area contributed by atoms with Crippen molar-refractivity contribution in [1.82, 2.24) is 0 Å². The van der Waals surface area contributed by atoms with Crippen LogP contribution in [0.2, 0.25) is 0 Å². The highest BCUT2D eigenvalue weighted by atomic mass is 32.2. The van der Waals surface area contributed by atoms with Crippen LogP contribution in [0.15, 0.2) is 77.7 Å². The molecule has 0 heterocycles. The smallest absolute Gasteiger partial charge is 0.310 e. The quantitative estimate of drug-likeness (QED) is 0.373. The monoisotopic (exact) mass is 322 g/mol. The highest BCUT2D eigenvalue weighted by Gasteiger charge is 2.08. The summed E-state index contributed by atoms with van der Waals surface area (Å²) in [6.45, 7) is 0.434. The lowest BCUT2D eigenvalue weighted by molar-refractivity contribution is -0.142. The van der Waals surface area contributed by atoms with E-state index < -0.39 is 0 Å². The van der Waals surface area contributed by atoms with Crippen molar-refractivity contribution in [2.24, 2.45) is 0 Å². The number of rotatable bonds is 6. The Morgan fingerprint density at radius 1 is 0.870 bits per heavy atom. The predicted octanol–water partition coefficient (Wildman–Crippen LogP) is 4.72. The molecule has 2 nitrogen and oxygen atoms in total. The fraction of sp³-hybridized carbons (Fsp3) is 0.150. The van der Waals surface area contributed by atoms with Crippen molar-refractivity contribution in [1.29, 1.82) is 0 Å². The van der Waals surface area contributed by atoms with Crippen LogP contribution in [0.3, 0.4) is 0 Å². The van der Waals surface area contributed by atoms with Gasteiger partial charge < -0.3 is 4.74 Å². The van der Waals surface area contributed by atoms with Crippen LogP contribution in [0.4, 0.5) is 0 Å². The standard InChI is InChI=1S/C20H18O2S/c21-20(22-13-14-23-18-10-2-1-3-11-18)15-17-9-6-8-16-7-4-5-12-19(16)17/h1-12H,13-15H2. The van der Waals surface area contributed by atoms with Gasteiger partial charge in [-0.15, -0.1) is 11.8 Å². The lowest BCUT2D eigenvalue weighted by Gasteiger charge is -2.07. The van der Waals surface area contributed by atoms with Gasteiger partial charge in [-0.2, -0.15) is 0 Å². The molecule has 0 saturated carbocycles. The molecule has 0 radical (unpaired) electrons. The first kappa shape index (κ1) is 15.6. The van der Waals surface area contributed by atoms with Crippen LogP contribution in [0, 0.1) is 0 Å². The van der Waals surface area contributed by atoms with E-state index in [9.17, 15) is 4.79 Å². The van der Waals surface area contributed by atoms with Gasteiger partial charge in [-0.3, -0.25) is 4.79 Å². The van der Waals surface area contributed by atoms with Crippen molar-refractivity contribution in [2.45, 2.75) is 11.3 Å². The van der Waals surface area contributed by atoms with E-state index in [2.05, 4.69) is 24.3 Å². The van der Waals surface area contributed by atoms with Crippen LogP contribution < -0.4 is 0 Å². The third-order valence-electron chi connectivity index (χ3n) is 3.57. The minimum atomic E-state index is -0.171. The molecule has 0 N–H and O–H groups in total. The number of carbonyl (C=O) groups excluding carboxylic acids is 1. The number of thioether (sulfide) groups is 1. The van der Waals surface area contributed by atoms with E-state index in [1.807, 2.05) is 48.5 Å². The minimum absolute atomic E-state index is 0.171. The molecule has 0 saturated heterocycles. The average Bonchev–Trinajstić information content (AvgIpc) is 2.60. The number of ether oxygens (including phenoxy) is 1. The maximum Gasteiger partial charge on any atom is 0.310 e. The van der Waals surface area contributed by atoms with E-state index in [0.29, 0.717) is 13.0 Å². The van der Waals surface area contributed by atoms with E-state index in [-0.39, 0.29) is 5.97 Å². The van der Waals surface area contributed by atoms with Crippen LogP contribution in [-0.2, 0) is 16.0 Å². The molecule has 23 heavy (non-hydrogen) atoms. The predicted molar refractivity (Wildman–Crippen MR) is 95.8 cm³/mol. The molecule has 0 unspecified atom stereocenters. The molecule has 0 bridgehead atoms. The average molecular weight is 322 g/mol. The first-order valence-electron chi connectivity index (χ1n) is 7.63. The topological polar surface area (TPSA) is 26.3 Å². The number of fused-ring (bicyclic) bond motifs is 1. The zero-order valence-corrected chi connectivity index (χ0v) is 13.6. The molecule has 116 valence electrons. The van der Waals surface area contributed by atoms with Gasteiger partial charge in [-0.05, 0) is 28.5 Å². The first-order valence-corrected chi connectivity index (χ1v) is 8.61. The lowest BCUT2D eigenvalue weighted by Crippen LogP contribution is -2.10. The number of benzene rings is 3. The van der Waals surface area contributed by atoms with Crippen molar-refractivity contribution in [3.8, 4) is 0 Å². The molecular weight excluding hydrogens is 304 g/mol. The van der Waals surface area contributed by atoms with Gasteiger partial charge in [0.1, 0.15) is 6.61 Å². The highest BCUT2D eigenvalue weighted by Crippen LogP contribution is 2.19. The number of carbonyl (C=O) groups is 1. The summed E-state index contributed by atoms with van der Waals surface area (Å²) in [5.74, 6) is 0.598. The Bertz CT molecular complexity index is 779. The summed E-state index contributed by atoms with van der Waals surface area (Å²) in [4.78, 5) is 13.2. The van der Waals surface area contributed by atoms with Crippen molar-refractivity contribution in [3.63, 3.8) is 0 Å². The van der Waals surface area contributed by atoms with E-state index >= 15 is 0 Å². The largest absolute Gasteiger partial charge is 0.465 e. The molecule has 3 aromatic rings. The molecule has 3 rings (SSSR count). The normalized spacial score (nSPS) is 10.6. The summed E-state index contributed by atoms with van der Waals surface area (Å²) in [7, 11) is 0. The summed E-state index contributed by atoms with van der Waals surface area (Å²) >= 11 is 1.69. The fourth-order valence-electron chi connectivity index (χ4n) is 2.48. The van der Waals surface area contributed by atoms with Crippen LogP contribution in [0.25, 0.3) is 10.8 Å². The van der Waals surface area contributed by atoms with E-state index in [0.717, 1.165) is 22.1 Å². The van der Waals surface area contributed by atoms with Crippen molar-refractivity contribution < 1.29 is 9.53 Å². The molecule has 3 aromatic carbocycles. The maximum absolute atomic E-state index is 12.0. The highest BCUT2D eigenvalue weighted by molar-refractivity contribution is 7.99. The zero-order chi connectivity index (χ0) is 15.9. The van der Waals surface area contributed by atoms with Gasteiger partial charge in [0.25, 0.3) is 0 Å². The molecule has 0 aliphatic heterocycles. The van der Waals surface area contributed by atoms with Crippen molar-refractivity contribution in [3.05, 3.63) is 78.4 Å². The molecule has 0 fully saturated rings. The van der Waals surface area contributed by atoms with Crippen LogP contribution in [-0.4, -0.2) is 18.3 Å². The van der Waals surface area contributed by atoms with Crippen LogP contribution >= 0.6 is 11.8 Å². The summed E-state index contributed by atoms with van der Waals surface area (Å²) in [6, 6.07) is 24.3. The van der Waals surface area contributed by atoms with Gasteiger partial charge in [0, 0.05) is 10.6 Å². The van der Waals surface area contributed by atoms with Crippen LogP contribution in [0.1, 0.15) is 5.56 Å². The first-order chi connectivity index (χ1) is 11.3. The molecule has 3 heteroatoms. The third kappa shape index (κ3) is 4.36. The van der Waals surface area contributed by atoms with Gasteiger partial charge in [0.2, 0.25) is 0 Å². The zero-order valence-electron chi connectivity index (χ0n) is 12.8. The van der Waals surface area contributed by atoms with E-state index in [1.54, 1.807) is 11.8 Å². The number of hydrogen-bond donors (Lipinski definition) is 0. The van der Waals surface area contributed by atoms with E-state index in [1.165, 1.54) is 4.90 Å². The lowest BCUT2D eigenvalue weighted by atomic mass is 10.0. The van der Waals surface area contributed by atoms with Gasteiger partial charge in [-0.25, -0.2) is 0 Å². The number of hydrogen-bond acceptors (Lipinski definition) is 3. The third-order valence-corrected chi connectivity index (χ3v) is 4.55. The SMILES string of the molecule is O=C(Cc1cccc2ccccc12)OCCSc1ccccc1. The van der Waals surface area contributed by atoms with Gasteiger partial charge in [0.15, 0.2) is 0 Å². The molecular formula is C20H18O2S. The fourth-order valence-corrected chi connectivity index (χ4v) is 3.24. The van der Waals surface area contributed by atoms with Gasteiger partial charge in [-0.1, -0.05) is 60.7 Å². The summed E-state index contributed by atoms with van der Waals surface area (Å²) in [5, 5.41) is 2.27. The molecule has 0 aliphatic carbocycles.